The number of hydrogen-bond acceptors (Lipinski definition) is 7. The zero-order valence-corrected chi connectivity index (χ0v) is 13.9. The SMILES string of the molecule is COCCN1CCCC2(CCN(Cc3nc(C(N)=O)no3)C2)C1=O. The van der Waals surface area contributed by atoms with Gasteiger partial charge in [0, 0.05) is 26.7 Å². The number of methoxy groups -OCH3 is 1. The van der Waals surface area contributed by atoms with Gasteiger partial charge in [-0.05, 0) is 25.8 Å². The van der Waals surface area contributed by atoms with Gasteiger partial charge in [0.2, 0.25) is 11.8 Å². The van der Waals surface area contributed by atoms with E-state index in [4.69, 9.17) is 15.0 Å². The summed E-state index contributed by atoms with van der Waals surface area (Å²) in [4.78, 5) is 31.9. The minimum absolute atomic E-state index is 0.113. The van der Waals surface area contributed by atoms with Crippen LogP contribution in [0.5, 0.6) is 0 Å². The third-order valence-electron chi connectivity index (χ3n) is 4.87. The lowest BCUT2D eigenvalue weighted by Crippen LogP contribution is -2.50. The van der Waals surface area contributed by atoms with E-state index in [1.165, 1.54) is 0 Å². The summed E-state index contributed by atoms with van der Waals surface area (Å²) >= 11 is 0. The Kier molecular flexibility index (Phi) is 4.81. The first-order valence-corrected chi connectivity index (χ1v) is 8.17. The van der Waals surface area contributed by atoms with Crippen molar-refractivity contribution in [1.29, 1.82) is 0 Å². The number of likely N-dealkylation sites (tertiary alicyclic amines) is 2. The van der Waals surface area contributed by atoms with Gasteiger partial charge in [0.05, 0.1) is 18.6 Å². The standard InChI is InChI=1S/C15H23N5O4/c1-23-8-7-20-5-2-3-15(14(20)22)4-6-19(10-15)9-11-17-13(12(16)21)18-24-11/h2-10H2,1H3,(H2,16,21). The van der Waals surface area contributed by atoms with Crippen LogP contribution in [0.15, 0.2) is 4.52 Å². The Labute approximate surface area is 140 Å². The summed E-state index contributed by atoms with van der Waals surface area (Å²) < 4.78 is 10.1. The molecule has 3 heterocycles. The van der Waals surface area contributed by atoms with Gasteiger partial charge < -0.3 is 19.9 Å². The molecule has 2 aliphatic rings. The molecule has 1 spiro atoms. The molecule has 0 bridgehead atoms. The van der Waals surface area contributed by atoms with Crippen LogP contribution in [-0.4, -0.2) is 71.7 Å². The number of aromatic nitrogens is 2. The molecule has 0 aromatic carbocycles. The van der Waals surface area contributed by atoms with Crippen molar-refractivity contribution >= 4 is 11.8 Å². The zero-order chi connectivity index (χ0) is 17.2. The van der Waals surface area contributed by atoms with Gasteiger partial charge >= 0.3 is 0 Å². The van der Waals surface area contributed by atoms with Crippen LogP contribution in [0.1, 0.15) is 35.8 Å². The maximum absolute atomic E-state index is 12.9. The Morgan fingerprint density at radius 3 is 2.96 bits per heavy atom. The molecule has 132 valence electrons. The van der Waals surface area contributed by atoms with Crippen molar-refractivity contribution in [3.8, 4) is 0 Å². The van der Waals surface area contributed by atoms with E-state index < -0.39 is 5.91 Å². The molecule has 1 aromatic heterocycles. The fourth-order valence-electron chi connectivity index (χ4n) is 3.65. The predicted molar refractivity (Wildman–Crippen MR) is 82.8 cm³/mol. The van der Waals surface area contributed by atoms with Crippen molar-refractivity contribution in [1.82, 2.24) is 19.9 Å². The van der Waals surface area contributed by atoms with E-state index >= 15 is 0 Å². The van der Waals surface area contributed by atoms with Crippen LogP contribution in [0, 0.1) is 5.41 Å². The van der Waals surface area contributed by atoms with Crippen LogP contribution < -0.4 is 5.73 Å². The highest BCUT2D eigenvalue weighted by molar-refractivity contribution is 5.88. The second-order valence-corrected chi connectivity index (χ2v) is 6.51. The average Bonchev–Trinajstić information content (AvgIpc) is 3.18. The highest BCUT2D eigenvalue weighted by Gasteiger charge is 2.48. The molecule has 24 heavy (non-hydrogen) atoms. The van der Waals surface area contributed by atoms with Crippen molar-refractivity contribution < 1.29 is 18.8 Å². The first kappa shape index (κ1) is 16.8. The first-order valence-electron chi connectivity index (χ1n) is 8.17. The second-order valence-electron chi connectivity index (χ2n) is 6.51. The van der Waals surface area contributed by atoms with E-state index in [9.17, 15) is 9.59 Å². The predicted octanol–water partition coefficient (Wildman–Crippen LogP) is -0.371. The van der Waals surface area contributed by atoms with Gasteiger partial charge in [-0.25, -0.2) is 0 Å². The normalized spacial score (nSPS) is 24.9. The minimum Gasteiger partial charge on any atom is -0.383 e. The van der Waals surface area contributed by atoms with Crippen molar-refractivity contribution in [2.45, 2.75) is 25.8 Å². The van der Waals surface area contributed by atoms with Crippen molar-refractivity contribution in [2.24, 2.45) is 11.1 Å². The summed E-state index contributed by atoms with van der Waals surface area (Å²) in [5.74, 6) is -0.255. The Morgan fingerprint density at radius 1 is 1.42 bits per heavy atom. The van der Waals surface area contributed by atoms with E-state index in [1.807, 2.05) is 4.90 Å². The van der Waals surface area contributed by atoms with Gasteiger partial charge in [0.1, 0.15) is 0 Å². The van der Waals surface area contributed by atoms with Gasteiger partial charge in [0.25, 0.3) is 11.7 Å². The highest BCUT2D eigenvalue weighted by atomic mass is 16.5. The Bertz CT molecular complexity index is 619. The number of rotatable bonds is 6. The van der Waals surface area contributed by atoms with Crippen LogP contribution in [-0.2, 0) is 16.1 Å². The van der Waals surface area contributed by atoms with Crippen LogP contribution in [0.3, 0.4) is 0 Å². The fraction of sp³-hybridized carbons (Fsp3) is 0.733. The largest absolute Gasteiger partial charge is 0.383 e. The smallest absolute Gasteiger partial charge is 0.290 e. The van der Waals surface area contributed by atoms with Crippen LogP contribution >= 0.6 is 0 Å². The molecular weight excluding hydrogens is 314 g/mol. The fourth-order valence-corrected chi connectivity index (χ4v) is 3.65. The van der Waals surface area contributed by atoms with Gasteiger partial charge in [-0.3, -0.25) is 14.5 Å². The Balaban J connectivity index is 1.62. The molecule has 1 unspecified atom stereocenters. The third kappa shape index (κ3) is 3.27. The van der Waals surface area contributed by atoms with Crippen LogP contribution in [0.2, 0.25) is 0 Å². The quantitative estimate of drug-likeness (QED) is 0.753. The minimum atomic E-state index is -0.709. The van der Waals surface area contributed by atoms with E-state index in [2.05, 4.69) is 15.0 Å². The lowest BCUT2D eigenvalue weighted by Gasteiger charge is -2.39. The number of carbonyl (C=O) groups excluding carboxylic acids is 2. The van der Waals surface area contributed by atoms with Gasteiger partial charge in [0.15, 0.2) is 0 Å². The van der Waals surface area contributed by atoms with E-state index in [1.54, 1.807) is 7.11 Å². The molecule has 2 amide bonds. The highest BCUT2D eigenvalue weighted by Crippen LogP contribution is 2.40. The summed E-state index contributed by atoms with van der Waals surface area (Å²) in [7, 11) is 1.65. The van der Waals surface area contributed by atoms with Crippen LogP contribution in [0.4, 0.5) is 0 Å². The summed E-state index contributed by atoms with van der Waals surface area (Å²) in [5, 5.41) is 3.55. The Morgan fingerprint density at radius 2 is 2.25 bits per heavy atom. The Hall–Kier alpha value is -2.00. The van der Waals surface area contributed by atoms with Crippen molar-refractivity contribution in [3.05, 3.63) is 11.7 Å². The summed E-state index contributed by atoms with van der Waals surface area (Å²) in [6, 6.07) is 0. The molecule has 0 saturated carbocycles. The maximum atomic E-state index is 12.9. The number of hydrogen-bond donors (Lipinski definition) is 1. The van der Waals surface area contributed by atoms with E-state index in [0.717, 1.165) is 32.4 Å². The monoisotopic (exact) mass is 337 g/mol. The van der Waals surface area contributed by atoms with Gasteiger partial charge in [-0.15, -0.1) is 0 Å². The second kappa shape index (κ2) is 6.86. The van der Waals surface area contributed by atoms with Crippen molar-refractivity contribution in [3.63, 3.8) is 0 Å². The number of ether oxygens (including phenoxy) is 1. The topological polar surface area (TPSA) is 115 Å². The number of nitrogens with two attached hydrogens (primary N) is 1. The maximum Gasteiger partial charge on any atom is 0.290 e. The summed E-state index contributed by atoms with van der Waals surface area (Å²) in [6.07, 6.45) is 2.74. The lowest BCUT2D eigenvalue weighted by molar-refractivity contribution is -0.146. The zero-order valence-electron chi connectivity index (χ0n) is 13.9. The number of primary amides is 1. The molecule has 2 fully saturated rings. The number of piperidine rings is 1. The molecule has 1 atom stereocenters. The van der Waals surface area contributed by atoms with E-state index in [0.29, 0.717) is 32.1 Å². The summed E-state index contributed by atoms with van der Waals surface area (Å²) in [6.45, 7) is 3.89. The van der Waals surface area contributed by atoms with Gasteiger partial charge in [-0.1, -0.05) is 5.16 Å². The summed E-state index contributed by atoms with van der Waals surface area (Å²) in [5.41, 5.74) is 4.80. The molecule has 2 aliphatic heterocycles. The molecule has 9 nitrogen and oxygen atoms in total. The molecule has 1 aromatic rings. The van der Waals surface area contributed by atoms with E-state index in [-0.39, 0.29) is 17.1 Å². The lowest BCUT2D eigenvalue weighted by atomic mass is 9.78. The molecule has 2 saturated heterocycles. The molecule has 0 radical (unpaired) electrons. The van der Waals surface area contributed by atoms with Crippen molar-refractivity contribution in [2.75, 3.05) is 39.9 Å². The third-order valence-corrected chi connectivity index (χ3v) is 4.87. The molecule has 3 rings (SSSR count). The van der Waals surface area contributed by atoms with Crippen LogP contribution in [0.25, 0.3) is 0 Å². The van der Waals surface area contributed by atoms with Gasteiger partial charge in [-0.2, -0.15) is 4.98 Å². The molecule has 9 heteroatoms. The average molecular weight is 337 g/mol. The first-order chi connectivity index (χ1) is 11.5. The number of carbonyl (C=O) groups is 2. The number of amides is 2. The molecular formula is C15H23N5O4. The number of nitrogens with zero attached hydrogens (tertiary/aromatic N) is 4. The molecule has 0 aliphatic carbocycles. The molecule has 2 N–H and O–H groups in total.